The fourth-order valence-electron chi connectivity index (χ4n) is 2.66. The molecule has 29 heavy (non-hydrogen) atoms. The Bertz CT molecular complexity index is 963. The van der Waals surface area contributed by atoms with Gasteiger partial charge in [-0.25, -0.2) is 9.97 Å². The molecule has 0 unspecified atom stereocenters. The molecule has 0 saturated heterocycles. The lowest BCUT2D eigenvalue weighted by Crippen LogP contribution is -2.35. The molecule has 10 heteroatoms. The summed E-state index contributed by atoms with van der Waals surface area (Å²) in [5.74, 6) is -0.740. The summed E-state index contributed by atoms with van der Waals surface area (Å²) in [7, 11) is 0. The summed E-state index contributed by atoms with van der Waals surface area (Å²) in [6.45, 7) is 4.52. The zero-order chi connectivity index (χ0) is 19.2. The van der Waals surface area contributed by atoms with Crippen LogP contribution in [0.2, 0.25) is 0 Å². The van der Waals surface area contributed by atoms with E-state index in [9.17, 15) is 9.18 Å². The van der Waals surface area contributed by atoms with Gasteiger partial charge in [0.25, 0.3) is 5.91 Å². The number of carbonyl (C=O) groups is 1. The van der Waals surface area contributed by atoms with Crippen molar-refractivity contribution in [1.29, 1.82) is 0 Å². The molecular weight excluding hydrogens is 529 g/mol. The van der Waals surface area contributed by atoms with Crippen LogP contribution in [0.4, 0.5) is 4.39 Å². The lowest BCUT2D eigenvalue weighted by atomic mass is 10.2. The minimum absolute atomic E-state index is 0. The molecule has 6 nitrogen and oxygen atoms in total. The van der Waals surface area contributed by atoms with Gasteiger partial charge in [0.1, 0.15) is 5.69 Å². The van der Waals surface area contributed by atoms with Crippen molar-refractivity contribution >= 4 is 64.3 Å². The number of pyridine rings is 1. The SMILES string of the molecule is CCN(CCNC(=O)c1cnc2cc([125I])ccc2n1)Cc1ccnc(F)c1.Cl.Cl. The quantitative estimate of drug-likeness (QED) is 0.358. The van der Waals surface area contributed by atoms with Crippen LogP contribution in [0.3, 0.4) is 0 Å². The van der Waals surface area contributed by atoms with Crippen LogP contribution < -0.4 is 5.32 Å². The van der Waals surface area contributed by atoms with E-state index in [4.69, 9.17) is 0 Å². The van der Waals surface area contributed by atoms with E-state index in [2.05, 4.69) is 47.8 Å². The highest BCUT2D eigenvalue weighted by molar-refractivity contribution is 14.1. The van der Waals surface area contributed by atoms with Gasteiger partial charge in [0, 0.05) is 29.4 Å². The Morgan fingerprint density at radius 1 is 1.17 bits per heavy atom. The standard InChI is InChI=1S/C19H19FIN5O.2ClH/c1-2-26(12-13-5-6-22-18(20)9-13)8-7-23-19(27)17-11-24-16-10-14(21)3-4-15(16)25-17;;/h3-6,9-11H,2,7-8,12H2,1H3,(H,23,27);2*1H/i21-2;;. The molecule has 1 aromatic carbocycles. The van der Waals surface area contributed by atoms with Crippen molar-refractivity contribution in [3.8, 4) is 0 Å². The van der Waals surface area contributed by atoms with Gasteiger partial charge in [-0.1, -0.05) is 6.92 Å². The minimum atomic E-state index is -0.485. The first-order chi connectivity index (χ1) is 13.0. The van der Waals surface area contributed by atoms with Crippen LogP contribution >= 0.6 is 47.4 Å². The summed E-state index contributed by atoms with van der Waals surface area (Å²) >= 11 is 2.21. The molecule has 1 amide bonds. The molecule has 1 N–H and O–H groups in total. The molecule has 2 aromatic heterocycles. The number of fused-ring (bicyclic) bond motifs is 1. The van der Waals surface area contributed by atoms with Crippen LogP contribution in [0.25, 0.3) is 11.0 Å². The van der Waals surface area contributed by atoms with E-state index in [-0.39, 0.29) is 30.7 Å². The highest BCUT2D eigenvalue weighted by atomic mass is 125. The zero-order valence-electron chi connectivity index (χ0n) is 15.6. The third-order valence-electron chi connectivity index (χ3n) is 4.09. The minimum Gasteiger partial charge on any atom is -0.349 e. The van der Waals surface area contributed by atoms with E-state index in [1.54, 1.807) is 6.07 Å². The van der Waals surface area contributed by atoms with E-state index in [1.807, 2.05) is 25.1 Å². The Balaban J connectivity index is 0.00000210. The van der Waals surface area contributed by atoms with Crippen molar-refractivity contribution in [2.75, 3.05) is 19.6 Å². The molecule has 0 aliphatic rings. The van der Waals surface area contributed by atoms with Crippen molar-refractivity contribution in [2.24, 2.45) is 0 Å². The number of halogens is 4. The van der Waals surface area contributed by atoms with Crippen LogP contribution in [-0.4, -0.2) is 45.4 Å². The van der Waals surface area contributed by atoms with Crippen LogP contribution in [0.5, 0.6) is 0 Å². The Hall–Kier alpha value is -1.62. The Kier molecular flexibility index (Phi) is 10.7. The van der Waals surface area contributed by atoms with Crippen LogP contribution in [0.1, 0.15) is 23.0 Å². The molecule has 0 spiro atoms. The second-order valence-corrected chi connectivity index (χ2v) is 7.25. The second kappa shape index (κ2) is 12.2. The predicted octanol–water partition coefficient (Wildman–Crippen LogP) is 3.86. The molecule has 3 rings (SSSR count). The number of likely N-dealkylation sites (N-methyl/N-ethyl adjacent to an activating group) is 1. The number of benzene rings is 1. The summed E-state index contributed by atoms with van der Waals surface area (Å²) in [5, 5.41) is 2.87. The van der Waals surface area contributed by atoms with E-state index in [0.717, 1.165) is 21.2 Å². The van der Waals surface area contributed by atoms with Gasteiger partial charge in [0.15, 0.2) is 0 Å². The van der Waals surface area contributed by atoms with E-state index in [0.29, 0.717) is 30.8 Å². The first-order valence-electron chi connectivity index (χ1n) is 8.58. The van der Waals surface area contributed by atoms with Gasteiger partial charge in [0.05, 0.1) is 17.2 Å². The zero-order valence-corrected chi connectivity index (χ0v) is 19.4. The molecule has 0 radical (unpaired) electrons. The average molecular weight is 550 g/mol. The molecule has 156 valence electrons. The molecule has 0 atom stereocenters. The Labute approximate surface area is 194 Å². The summed E-state index contributed by atoms with van der Waals surface area (Å²) < 4.78 is 14.3. The summed E-state index contributed by atoms with van der Waals surface area (Å²) in [5.41, 5.74) is 2.60. The topological polar surface area (TPSA) is 71.0 Å². The fourth-order valence-corrected chi connectivity index (χ4v) is 3.13. The monoisotopic (exact) mass is 549 g/mol. The molecule has 0 fully saturated rings. The largest absolute Gasteiger partial charge is 0.349 e. The highest BCUT2D eigenvalue weighted by Crippen LogP contribution is 2.13. The average Bonchev–Trinajstić information content (AvgIpc) is 2.66. The molecule has 0 saturated carbocycles. The first-order valence-corrected chi connectivity index (χ1v) is 9.66. The van der Waals surface area contributed by atoms with Crippen molar-refractivity contribution in [2.45, 2.75) is 13.5 Å². The number of nitrogens with one attached hydrogen (secondary N) is 1. The van der Waals surface area contributed by atoms with Crippen LogP contribution in [-0.2, 0) is 6.54 Å². The van der Waals surface area contributed by atoms with Gasteiger partial charge < -0.3 is 5.32 Å². The van der Waals surface area contributed by atoms with Crippen molar-refractivity contribution < 1.29 is 9.18 Å². The number of hydrogen-bond acceptors (Lipinski definition) is 5. The summed E-state index contributed by atoms with van der Waals surface area (Å²) in [4.78, 5) is 26.7. The Morgan fingerprint density at radius 2 is 1.97 bits per heavy atom. The van der Waals surface area contributed by atoms with Crippen molar-refractivity contribution in [3.63, 3.8) is 0 Å². The third-order valence-corrected chi connectivity index (χ3v) is 4.77. The lowest BCUT2D eigenvalue weighted by molar-refractivity contribution is 0.0943. The van der Waals surface area contributed by atoms with Crippen LogP contribution in [0.15, 0.2) is 42.7 Å². The number of amides is 1. The number of nitrogens with zero attached hydrogens (tertiary/aromatic N) is 4. The maximum absolute atomic E-state index is 13.2. The number of aromatic nitrogens is 3. The smallest absolute Gasteiger partial charge is 0.271 e. The normalized spacial score (nSPS) is 10.3. The molecule has 0 aliphatic carbocycles. The number of hydrogen-bond donors (Lipinski definition) is 1. The van der Waals surface area contributed by atoms with E-state index in [1.165, 1.54) is 18.5 Å². The second-order valence-electron chi connectivity index (χ2n) is 6.00. The van der Waals surface area contributed by atoms with Crippen molar-refractivity contribution in [3.05, 3.63) is 63.5 Å². The van der Waals surface area contributed by atoms with Crippen LogP contribution in [0, 0.1) is 9.52 Å². The van der Waals surface area contributed by atoms with E-state index >= 15 is 0 Å². The molecule has 0 aliphatic heterocycles. The first kappa shape index (κ1) is 25.4. The summed E-state index contributed by atoms with van der Waals surface area (Å²) in [6.07, 6.45) is 2.95. The fraction of sp³-hybridized carbons (Fsp3) is 0.263. The highest BCUT2D eigenvalue weighted by Gasteiger charge is 2.10. The molecular formula is C19H21Cl2FIN5O. The number of rotatable bonds is 7. The van der Waals surface area contributed by atoms with Gasteiger partial charge in [-0.15, -0.1) is 24.8 Å². The van der Waals surface area contributed by atoms with Gasteiger partial charge in [0.2, 0.25) is 5.95 Å². The maximum Gasteiger partial charge on any atom is 0.271 e. The van der Waals surface area contributed by atoms with Gasteiger partial charge >= 0.3 is 0 Å². The third kappa shape index (κ3) is 7.29. The molecule has 0 bridgehead atoms. The van der Waals surface area contributed by atoms with E-state index < -0.39 is 5.95 Å². The molecule has 3 aromatic rings. The maximum atomic E-state index is 13.2. The lowest BCUT2D eigenvalue weighted by Gasteiger charge is -2.20. The summed E-state index contributed by atoms with van der Waals surface area (Å²) in [6, 6.07) is 8.92. The van der Waals surface area contributed by atoms with Gasteiger partial charge in [-0.3, -0.25) is 14.7 Å². The predicted molar refractivity (Wildman–Crippen MR) is 124 cm³/mol. The van der Waals surface area contributed by atoms with Gasteiger partial charge in [-0.05, 0) is 65.0 Å². The molecule has 2 heterocycles. The van der Waals surface area contributed by atoms with Gasteiger partial charge in [-0.2, -0.15) is 4.39 Å². The van der Waals surface area contributed by atoms with Crippen molar-refractivity contribution in [1.82, 2.24) is 25.2 Å². The Morgan fingerprint density at radius 3 is 2.69 bits per heavy atom. The number of carbonyl (C=O) groups excluding carboxylic acids is 1.